The fraction of sp³-hybridized carbons (Fsp3) is 0.219. The van der Waals surface area contributed by atoms with Gasteiger partial charge in [0.05, 0.1) is 6.61 Å². The summed E-state index contributed by atoms with van der Waals surface area (Å²) in [7, 11) is 0. The number of aliphatic carboxylic acids is 1. The summed E-state index contributed by atoms with van der Waals surface area (Å²) in [5, 5.41) is 39.1. The number of aromatic nitrogens is 3. The number of halogens is 1. The van der Waals surface area contributed by atoms with Gasteiger partial charge in [0.25, 0.3) is 0 Å². The molecule has 2 aromatic heterocycles. The van der Waals surface area contributed by atoms with Crippen molar-refractivity contribution in [1.82, 2.24) is 20.6 Å². The van der Waals surface area contributed by atoms with Gasteiger partial charge < -0.3 is 29.2 Å². The molecule has 234 valence electrons. The third-order valence-electron chi connectivity index (χ3n) is 7.22. The van der Waals surface area contributed by atoms with E-state index in [-0.39, 0.29) is 25.5 Å². The number of nitrogens with one attached hydrogen (secondary N) is 1. The zero-order chi connectivity index (χ0) is 32.0. The minimum absolute atomic E-state index is 0.0409. The van der Waals surface area contributed by atoms with Crippen molar-refractivity contribution in [3.8, 4) is 40.2 Å². The van der Waals surface area contributed by atoms with Crippen LogP contribution in [0, 0.1) is 11.3 Å². The van der Waals surface area contributed by atoms with Gasteiger partial charge >= 0.3 is 5.97 Å². The molecule has 3 heterocycles. The number of fused-ring (bicyclic) bond motifs is 2. The molecule has 0 radical (unpaired) electrons. The largest absolute Gasteiger partial charge is 0.488 e. The Hall–Kier alpha value is -5.23. The maximum Gasteiger partial charge on any atom is 0.323 e. The standard InChI is InChI=1S/C32H26BrN5O8/c33-29-20(2-1-3-22(29)19-4-5-25-27(11-19)43-9-8-42-25)17-45-28-12-26(44-16-18-6-7-35-21(10-18)13-34)23(30-31(28)38-46-37-30)14-36-24(15-39)32(40)41/h1-7,10-12,24,36,39H,8-9,14-17H2,(H,40,41). The predicted molar refractivity (Wildman–Crippen MR) is 165 cm³/mol. The highest BCUT2D eigenvalue weighted by atomic mass is 79.9. The third kappa shape index (κ3) is 6.57. The predicted octanol–water partition coefficient (Wildman–Crippen LogP) is 4.38. The fourth-order valence-electron chi connectivity index (χ4n) is 4.87. The summed E-state index contributed by atoms with van der Waals surface area (Å²) in [6.45, 7) is 0.536. The van der Waals surface area contributed by atoms with Crippen LogP contribution < -0.4 is 24.3 Å². The maximum absolute atomic E-state index is 11.5. The van der Waals surface area contributed by atoms with Crippen molar-refractivity contribution >= 4 is 32.9 Å². The van der Waals surface area contributed by atoms with Crippen molar-refractivity contribution in [3.63, 3.8) is 0 Å². The molecule has 14 heteroatoms. The highest BCUT2D eigenvalue weighted by Gasteiger charge is 2.23. The van der Waals surface area contributed by atoms with Crippen LogP contribution in [0.2, 0.25) is 0 Å². The number of aliphatic hydroxyl groups is 1. The molecule has 1 unspecified atom stereocenters. The molecule has 0 bridgehead atoms. The van der Waals surface area contributed by atoms with Crippen LogP contribution in [0.1, 0.15) is 22.4 Å². The van der Waals surface area contributed by atoms with Crippen LogP contribution in [0.15, 0.2) is 69.9 Å². The van der Waals surface area contributed by atoms with Crippen molar-refractivity contribution in [2.24, 2.45) is 0 Å². The molecule has 0 saturated heterocycles. The smallest absolute Gasteiger partial charge is 0.323 e. The number of pyridine rings is 1. The maximum atomic E-state index is 11.5. The molecule has 0 spiro atoms. The number of carboxylic acids is 1. The first-order valence-corrected chi connectivity index (χ1v) is 14.9. The van der Waals surface area contributed by atoms with E-state index in [0.717, 1.165) is 21.2 Å². The number of rotatable bonds is 12. The SMILES string of the molecule is N#Cc1cc(COc2cc(OCc3cccc(-c4ccc5c(c4)OCCO5)c3Br)c3nonc3c2CNC(CO)C(=O)O)ccn1. The van der Waals surface area contributed by atoms with Gasteiger partial charge in [0.15, 0.2) is 22.8 Å². The number of benzene rings is 3. The van der Waals surface area contributed by atoms with Crippen molar-refractivity contribution < 1.29 is 38.6 Å². The van der Waals surface area contributed by atoms with Crippen LogP contribution in [0.4, 0.5) is 0 Å². The number of aliphatic hydroxyl groups excluding tert-OH is 1. The second-order valence-corrected chi connectivity index (χ2v) is 10.9. The number of hydrogen-bond donors (Lipinski definition) is 3. The van der Waals surface area contributed by atoms with Crippen LogP contribution in [0.3, 0.4) is 0 Å². The Labute approximate surface area is 270 Å². The van der Waals surface area contributed by atoms with Gasteiger partial charge in [-0.2, -0.15) is 5.26 Å². The Morgan fingerprint density at radius 1 is 1.02 bits per heavy atom. The van der Waals surface area contributed by atoms with Crippen LogP contribution >= 0.6 is 15.9 Å². The number of carboxylic acid groups (broad SMARTS) is 1. The Bertz CT molecular complexity index is 1940. The molecule has 6 rings (SSSR count). The number of nitrogens with zero attached hydrogens (tertiary/aromatic N) is 4. The molecule has 46 heavy (non-hydrogen) atoms. The van der Waals surface area contributed by atoms with Crippen molar-refractivity contribution in [2.75, 3.05) is 19.8 Å². The quantitative estimate of drug-likeness (QED) is 0.168. The third-order valence-corrected chi connectivity index (χ3v) is 8.16. The monoisotopic (exact) mass is 687 g/mol. The number of hydrogen-bond acceptors (Lipinski definition) is 12. The number of ether oxygens (including phenoxy) is 4. The average Bonchev–Trinajstić information content (AvgIpc) is 3.58. The zero-order valence-electron chi connectivity index (χ0n) is 24.1. The molecule has 13 nitrogen and oxygen atoms in total. The van der Waals surface area contributed by atoms with Gasteiger partial charge in [0, 0.05) is 34.4 Å². The summed E-state index contributed by atoms with van der Waals surface area (Å²) in [4.78, 5) is 15.5. The molecule has 0 fully saturated rings. The molecule has 1 aliphatic heterocycles. The van der Waals surface area contributed by atoms with Crippen molar-refractivity contribution in [3.05, 3.63) is 87.7 Å². The van der Waals surface area contributed by atoms with Gasteiger partial charge in [-0.1, -0.05) is 24.3 Å². The summed E-state index contributed by atoms with van der Waals surface area (Å²) in [6.07, 6.45) is 1.51. The summed E-state index contributed by atoms with van der Waals surface area (Å²) in [6, 6.07) is 17.3. The molecule has 3 N–H and O–H groups in total. The van der Waals surface area contributed by atoms with E-state index in [1.54, 1.807) is 18.2 Å². The second-order valence-electron chi connectivity index (χ2n) is 10.1. The Balaban J connectivity index is 1.30. The van der Waals surface area contributed by atoms with E-state index in [4.69, 9.17) is 23.6 Å². The van der Waals surface area contributed by atoms with Crippen LogP contribution in [0.5, 0.6) is 23.0 Å². The van der Waals surface area contributed by atoms with E-state index in [2.05, 4.69) is 36.5 Å². The Morgan fingerprint density at radius 2 is 1.83 bits per heavy atom. The van der Waals surface area contributed by atoms with E-state index in [9.17, 15) is 20.3 Å². The van der Waals surface area contributed by atoms with Crippen LogP contribution in [-0.2, 0) is 24.6 Å². The second kappa shape index (κ2) is 13.8. The van der Waals surface area contributed by atoms with Gasteiger partial charge in [0.2, 0.25) is 0 Å². The molecule has 0 saturated carbocycles. The van der Waals surface area contributed by atoms with E-state index in [1.807, 2.05) is 42.5 Å². The van der Waals surface area contributed by atoms with Gasteiger partial charge in [0.1, 0.15) is 55.5 Å². The number of carbonyl (C=O) groups is 1. The molecule has 0 aliphatic carbocycles. The molecular formula is C32H26BrN5O8. The zero-order valence-corrected chi connectivity index (χ0v) is 25.7. The summed E-state index contributed by atoms with van der Waals surface area (Å²) in [5.41, 5.74) is 4.67. The minimum Gasteiger partial charge on any atom is -0.488 e. The fourth-order valence-corrected chi connectivity index (χ4v) is 5.48. The molecular weight excluding hydrogens is 662 g/mol. The van der Waals surface area contributed by atoms with Gasteiger partial charge in [-0.15, -0.1) is 0 Å². The highest BCUT2D eigenvalue weighted by Crippen LogP contribution is 2.39. The van der Waals surface area contributed by atoms with Crippen LogP contribution in [-0.4, -0.2) is 57.3 Å². The van der Waals surface area contributed by atoms with E-state index < -0.39 is 18.6 Å². The van der Waals surface area contributed by atoms with E-state index >= 15 is 0 Å². The average molecular weight is 688 g/mol. The lowest BCUT2D eigenvalue weighted by molar-refractivity contribution is -0.140. The molecule has 1 aliphatic rings. The van der Waals surface area contributed by atoms with Crippen molar-refractivity contribution in [1.29, 1.82) is 5.26 Å². The normalized spacial score (nSPS) is 12.8. The lowest BCUT2D eigenvalue weighted by atomic mass is 10.0. The minimum atomic E-state index is -1.23. The molecule has 0 amide bonds. The molecule has 1 atom stereocenters. The van der Waals surface area contributed by atoms with E-state index in [1.165, 1.54) is 6.20 Å². The van der Waals surface area contributed by atoms with Gasteiger partial charge in [-0.3, -0.25) is 10.1 Å². The van der Waals surface area contributed by atoms with Crippen LogP contribution in [0.25, 0.3) is 22.2 Å². The van der Waals surface area contributed by atoms with Gasteiger partial charge in [-0.05, 0) is 67.2 Å². The van der Waals surface area contributed by atoms with Gasteiger partial charge in [-0.25, -0.2) is 9.61 Å². The lowest BCUT2D eigenvalue weighted by Crippen LogP contribution is -2.39. The first kappa shape index (κ1) is 30.8. The molecule has 5 aromatic rings. The van der Waals surface area contributed by atoms with Crippen molar-refractivity contribution in [2.45, 2.75) is 25.8 Å². The highest BCUT2D eigenvalue weighted by molar-refractivity contribution is 9.10. The summed E-state index contributed by atoms with van der Waals surface area (Å²) in [5.74, 6) is 0.800. The topological polar surface area (TPSA) is 182 Å². The lowest BCUT2D eigenvalue weighted by Gasteiger charge is -2.19. The molecule has 3 aromatic carbocycles. The Kier molecular flexibility index (Phi) is 9.25. The first-order valence-electron chi connectivity index (χ1n) is 14.1. The van der Waals surface area contributed by atoms with E-state index in [0.29, 0.717) is 58.4 Å². The first-order chi connectivity index (χ1) is 22.4. The number of nitriles is 1. The Morgan fingerprint density at radius 3 is 2.63 bits per heavy atom. The summed E-state index contributed by atoms with van der Waals surface area (Å²) >= 11 is 3.74. The summed E-state index contributed by atoms with van der Waals surface area (Å²) < 4.78 is 29.7.